The molecule has 1 aliphatic heterocycles. The third-order valence-corrected chi connectivity index (χ3v) is 7.75. The molecule has 0 aliphatic carbocycles. The molecule has 1 saturated heterocycles. The Labute approximate surface area is 200 Å². The summed E-state index contributed by atoms with van der Waals surface area (Å²) in [5, 5.41) is 5.04. The molecule has 0 aromatic heterocycles. The Bertz CT molecular complexity index is 1140. The lowest BCUT2D eigenvalue weighted by Gasteiger charge is -2.35. The van der Waals surface area contributed by atoms with Crippen LogP contribution in [0.15, 0.2) is 41.3 Å². The van der Waals surface area contributed by atoms with Gasteiger partial charge in [-0.1, -0.05) is 29.8 Å². The number of sulfonamides is 1. The largest absolute Gasteiger partial charge is 0.497 e. The van der Waals surface area contributed by atoms with Crippen molar-refractivity contribution in [1.29, 1.82) is 0 Å². The highest BCUT2D eigenvalue weighted by atomic mass is 32.2. The van der Waals surface area contributed by atoms with Gasteiger partial charge in [0.25, 0.3) is 0 Å². The summed E-state index contributed by atoms with van der Waals surface area (Å²) in [6.45, 7) is 6.07. The van der Waals surface area contributed by atoms with Crippen molar-refractivity contribution in [3.05, 3.63) is 58.7 Å². The summed E-state index contributed by atoms with van der Waals surface area (Å²) in [6, 6.07) is 10.8. The summed E-state index contributed by atoms with van der Waals surface area (Å²) in [5.74, 6) is -1.04. The van der Waals surface area contributed by atoms with Crippen molar-refractivity contribution in [1.82, 2.24) is 14.9 Å². The van der Waals surface area contributed by atoms with Crippen LogP contribution < -0.4 is 15.4 Å². The highest BCUT2D eigenvalue weighted by molar-refractivity contribution is 7.89. The second-order valence-electron chi connectivity index (χ2n) is 8.27. The smallest absolute Gasteiger partial charge is 0.309 e. The molecular formula is C24H31N3O6S. The first-order valence-electron chi connectivity index (χ1n) is 11.0. The number of aryl methyl sites for hydroxylation is 3. The number of hydrogen-bond acceptors (Lipinski definition) is 6. The Balaban J connectivity index is 1.64. The average molecular weight is 490 g/mol. The number of methoxy groups -OCH3 is 1. The zero-order valence-electron chi connectivity index (χ0n) is 19.9. The normalized spacial score (nSPS) is 16.6. The van der Waals surface area contributed by atoms with Gasteiger partial charge in [0.05, 0.1) is 25.2 Å². The first-order valence-corrected chi connectivity index (χ1v) is 12.5. The fourth-order valence-electron chi connectivity index (χ4n) is 4.10. The van der Waals surface area contributed by atoms with Gasteiger partial charge in [0.2, 0.25) is 10.0 Å². The van der Waals surface area contributed by atoms with Crippen molar-refractivity contribution in [2.75, 3.05) is 26.8 Å². The van der Waals surface area contributed by atoms with Crippen molar-refractivity contribution in [2.24, 2.45) is 0 Å². The molecule has 0 bridgehead atoms. The van der Waals surface area contributed by atoms with Gasteiger partial charge in [-0.3, -0.25) is 9.59 Å². The molecule has 2 aromatic rings. The van der Waals surface area contributed by atoms with Crippen molar-refractivity contribution in [3.63, 3.8) is 0 Å². The van der Waals surface area contributed by atoms with Crippen LogP contribution in [0.3, 0.4) is 0 Å². The molecule has 2 N–H and O–H groups in total. The zero-order chi connectivity index (χ0) is 24.9. The second-order valence-corrected chi connectivity index (χ2v) is 10.1. The zero-order valence-corrected chi connectivity index (χ0v) is 20.7. The Morgan fingerprint density at radius 1 is 1.09 bits per heavy atom. The van der Waals surface area contributed by atoms with Crippen LogP contribution in [0.4, 0.5) is 0 Å². The summed E-state index contributed by atoms with van der Waals surface area (Å²) >= 11 is 0. The van der Waals surface area contributed by atoms with E-state index in [2.05, 4.69) is 10.6 Å². The van der Waals surface area contributed by atoms with Gasteiger partial charge >= 0.3 is 11.8 Å². The molecule has 1 fully saturated rings. The predicted molar refractivity (Wildman–Crippen MR) is 127 cm³/mol. The molecule has 2 amide bonds. The molecule has 1 atom stereocenters. The minimum atomic E-state index is -3.87. The van der Waals surface area contributed by atoms with Crippen molar-refractivity contribution in [3.8, 4) is 5.75 Å². The maximum Gasteiger partial charge on any atom is 0.309 e. The topological polar surface area (TPSA) is 114 Å². The molecule has 9 nitrogen and oxygen atoms in total. The molecule has 0 unspecified atom stereocenters. The summed E-state index contributed by atoms with van der Waals surface area (Å²) < 4.78 is 39.0. The minimum Gasteiger partial charge on any atom is -0.497 e. The number of benzene rings is 2. The van der Waals surface area contributed by atoms with Crippen molar-refractivity contribution >= 4 is 21.8 Å². The van der Waals surface area contributed by atoms with Crippen LogP contribution in [0.5, 0.6) is 5.75 Å². The number of carbonyl (C=O) groups excluding carboxylic acids is 2. The molecule has 34 heavy (non-hydrogen) atoms. The number of ether oxygens (including phenoxy) is 2. The monoisotopic (exact) mass is 489 g/mol. The van der Waals surface area contributed by atoms with Crippen LogP contribution >= 0.6 is 0 Å². The lowest BCUT2D eigenvalue weighted by molar-refractivity contribution is -0.140. The number of rotatable bonds is 7. The third kappa shape index (κ3) is 5.94. The second kappa shape index (κ2) is 11.0. The SMILES string of the molecule is COc1cccc(CNC(=O)C(=O)NC[C@H]2OCCCN2S(=O)(=O)c2c(C)cc(C)cc2C)c1. The summed E-state index contributed by atoms with van der Waals surface area (Å²) in [5.41, 5.74) is 3.07. The van der Waals surface area contributed by atoms with Crippen molar-refractivity contribution < 1.29 is 27.5 Å². The molecular weight excluding hydrogens is 458 g/mol. The lowest BCUT2D eigenvalue weighted by atomic mass is 10.1. The Morgan fingerprint density at radius 2 is 1.76 bits per heavy atom. The Kier molecular flexibility index (Phi) is 8.29. The average Bonchev–Trinajstić information content (AvgIpc) is 2.80. The Hall–Kier alpha value is -2.95. The van der Waals surface area contributed by atoms with Crippen LogP contribution in [-0.4, -0.2) is 57.6 Å². The molecule has 184 valence electrons. The molecule has 1 aliphatic rings. The van der Waals surface area contributed by atoms with Gasteiger partial charge < -0.3 is 20.1 Å². The molecule has 1 heterocycles. The van der Waals surface area contributed by atoms with Gasteiger partial charge in [-0.2, -0.15) is 4.31 Å². The Morgan fingerprint density at radius 3 is 2.44 bits per heavy atom. The fourth-order valence-corrected chi connectivity index (χ4v) is 6.08. The van der Waals surface area contributed by atoms with Gasteiger partial charge in [0.15, 0.2) is 0 Å². The third-order valence-electron chi connectivity index (χ3n) is 5.56. The van der Waals surface area contributed by atoms with E-state index in [0.717, 1.165) is 11.1 Å². The van der Waals surface area contributed by atoms with E-state index in [0.29, 0.717) is 29.9 Å². The first-order chi connectivity index (χ1) is 16.1. The van der Waals surface area contributed by atoms with E-state index in [1.807, 2.05) is 19.1 Å². The maximum atomic E-state index is 13.5. The van der Waals surface area contributed by atoms with E-state index < -0.39 is 28.1 Å². The van der Waals surface area contributed by atoms with Crippen LogP contribution in [0.1, 0.15) is 28.7 Å². The fraction of sp³-hybridized carbons (Fsp3) is 0.417. The number of amides is 2. The molecule has 2 aromatic carbocycles. The summed E-state index contributed by atoms with van der Waals surface area (Å²) in [6.07, 6.45) is -0.372. The number of nitrogens with zero attached hydrogens (tertiary/aromatic N) is 1. The highest BCUT2D eigenvalue weighted by Gasteiger charge is 2.36. The van der Waals surface area contributed by atoms with Gasteiger partial charge in [-0.15, -0.1) is 0 Å². The highest BCUT2D eigenvalue weighted by Crippen LogP contribution is 2.28. The van der Waals surface area contributed by atoms with E-state index in [1.165, 1.54) is 4.31 Å². The van der Waals surface area contributed by atoms with E-state index in [-0.39, 0.29) is 24.5 Å². The predicted octanol–water partition coefficient (Wildman–Crippen LogP) is 1.79. The van der Waals surface area contributed by atoms with Crippen molar-refractivity contribution in [2.45, 2.75) is 44.9 Å². The molecule has 3 rings (SSSR count). The van der Waals surface area contributed by atoms with Crippen LogP contribution in [0.2, 0.25) is 0 Å². The molecule has 0 saturated carbocycles. The molecule has 0 spiro atoms. The summed E-state index contributed by atoms with van der Waals surface area (Å²) in [4.78, 5) is 24.8. The maximum absolute atomic E-state index is 13.5. The number of carbonyl (C=O) groups is 2. The molecule has 10 heteroatoms. The molecule has 0 radical (unpaired) electrons. The lowest BCUT2D eigenvalue weighted by Crippen LogP contribution is -2.53. The van der Waals surface area contributed by atoms with E-state index in [1.54, 1.807) is 45.2 Å². The van der Waals surface area contributed by atoms with Crippen LogP contribution in [0, 0.1) is 20.8 Å². The van der Waals surface area contributed by atoms with Gasteiger partial charge in [-0.05, 0) is 56.0 Å². The number of hydrogen-bond donors (Lipinski definition) is 2. The number of nitrogens with one attached hydrogen (secondary N) is 2. The minimum absolute atomic E-state index is 0.144. The quantitative estimate of drug-likeness (QED) is 0.574. The van der Waals surface area contributed by atoms with Crippen LogP contribution in [-0.2, 0) is 30.9 Å². The van der Waals surface area contributed by atoms with E-state index in [4.69, 9.17) is 9.47 Å². The first kappa shape index (κ1) is 25.7. The standard InChI is InChI=1S/C24H31N3O6S/c1-16-11-17(2)22(18(3)12-16)34(30,31)27-9-6-10-33-21(27)15-26-24(29)23(28)25-14-19-7-5-8-20(13-19)32-4/h5,7-8,11-13,21H,6,9-10,14-15H2,1-4H3,(H,25,28)(H,26,29)/t21-/m1/s1. The van der Waals surface area contributed by atoms with Crippen LogP contribution in [0.25, 0.3) is 0 Å². The van der Waals surface area contributed by atoms with Gasteiger partial charge in [0, 0.05) is 13.1 Å². The van der Waals surface area contributed by atoms with Gasteiger partial charge in [-0.25, -0.2) is 8.42 Å². The van der Waals surface area contributed by atoms with E-state index in [9.17, 15) is 18.0 Å². The summed E-state index contributed by atoms with van der Waals surface area (Å²) in [7, 11) is -2.32. The van der Waals surface area contributed by atoms with E-state index >= 15 is 0 Å². The van der Waals surface area contributed by atoms with Gasteiger partial charge in [0.1, 0.15) is 12.0 Å².